The highest BCUT2D eigenvalue weighted by Gasteiger charge is 2.42. The van der Waals surface area contributed by atoms with Crippen LogP contribution >= 0.6 is 0 Å². The van der Waals surface area contributed by atoms with Crippen molar-refractivity contribution >= 4 is 12.0 Å². The van der Waals surface area contributed by atoms with Crippen molar-refractivity contribution in [2.75, 3.05) is 6.54 Å². The third-order valence-electron chi connectivity index (χ3n) is 6.40. The Labute approximate surface area is 204 Å². The van der Waals surface area contributed by atoms with Gasteiger partial charge in [0.2, 0.25) is 5.91 Å². The van der Waals surface area contributed by atoms with Gasteiger partial charge in [0.1, 0.15) is 18.8 Å². The number of carbonyl (C=O) groups is 2. The zero-order valence-electron chi connectivity index (χ0n) is 20.7. The summed E-state index contributed by atoms with van der Waals surface area (Å²) in [6.45, 7) is 4.05. The Kier molecular flexibility index (Phi) is 13.0. The van der Waals surface area contributed by atoms with E-state index in [4.69, 9.17) is 4.74 Å². The molecule has 0 spiro atoms. The van der Waals surface area contributed by atoms with Gasteiger partial charge in [-0.1, -0.05) is 88.6 Å². The quantitative estimate of drug-likeness (QED) is 0.304. The van der Waals surface area contributed by atoms with Crippen molar-refractivity contribution in [3.63, 3.8) is 0 Å². The molecule has 1 aliphatic heterocycles. The van der Waals surface area contributed by atoms with Gasteiger partial charge in [-0.05, 0) is 18.9 Å². The summed E-state index contributed by atoms with van der Waals surface area (Å²) in [6.07, 6.45) is 8.18. The standard InChI is InChI=1S/C26H43N3O5/c1-3-4-5-6-7-8-9-10-14-17-23(30)27-18-22-25(32)24(31)20(2)29(28-22)26(33)34-19-21-15-12-11-13-16-21/h11-13,15-16,20,22,24-25,28,31-32H,3-10,14,17-19H2,1-2H3,(H,27,30)/t20-,22-,24+,25-/m0/s1. The molecule has 34 heavy (non-hydrogen) atoms. The number of rotatable bonds is 14. The van der Waals surface area contributed by atoms with E-state index < -0.39 is 30.4 Å². The number of aliphatic hydroxyl groups is 2. The lowest BCUT2D eigenvalue weighted by atomic mass is 9.97. The lowest BCUT2D eigenvalue weighted by Crippen LogP contribution is -2.70. The SMILES string of the molecule is CCCCCCCCCCCC(=O)NC[C@@H]1NN(C(=O)OCc2ccccc2)[C@@H](C)[C@@H](O)[C@H]1O. The van der Waals surface area contributed by atoms with Crippen LogP contribution in [0.25, 0.3) is 0 Å². The average molecular weight is 478 g/mol. The van der Waals surface area contributed by atoms with Crippen LogP contribution < -0.4 is 10.7 Å². The zero-order valence-corrected chi connectivity index (χ0v) is 20.7. The molecule has 192 valence electrons. The van der Waals surface area contributed by atoms with Crippen LogP contribution in [0.3, 0.4) is 0 Å². The largest absolute Gasteiger partial charge is 0.444 e. The minimum absolute atomic E-state index is 0.0942. The molecule has 1 heterocycles. The maximum Gasteiger partial charge on any atom is 0.424 e. The molecule has 0 saturated carbocycles. The van der Waals surface area contributed by atoms with Crippen molar-refractivity contribution < 1.29 is 24.5 Å². The van der Waals surface area contributed by atoms with Crippen LogP contribution in [0.1, 0.15) is 83.6 Å². The van der Waals surface area contributed by atoms with Crippen LogP contribution in [0.2, 0.25) is 0 Å². The molecule has 1 aromatic carbocycles. The second-order valence-corrected chi connectivity index (χ2v) is 9.25. The summed E-state index contributed by atoms with van der Waals surface area (Å²) in [5.41, 5.74) is 3.76. The zero-order chi connectivity index (χ0) is 24.8. The molecule has 0 bridgehead atoms. The first-order valence-corrected chi connectivity index (χ1v) is 12.8. The first kappa shape index (κ1) is 28.1. The summed E-state index contributed by atoms with van der Waals surface area (Å²) in [7, 11) is 0. The molecule has 1 saturated heterocycles. The number of ether oxygens (including phenoxy) is 1. The van der Waals surface area contributed by atoms with Crippen molar-refractivity contribution in [3.8, 4) is 0 Å². The number of aliphatic hydroxyl groups excluding tert-OH is 2. The predicted octanol–water partition coefficient (Wildman–Crippen LogP) is 3.66. The number of unbranched alkanes of at least 4 members (excludes halogenated alkanes) is 8. The van der Waals surface area contributed by atoms with Crippen molar-refractivity contribution in [2.24, 2.45) is 0 Å². The summed E-state index contributed by atoms with van der Waals surface area (Å²) in [5, 5.41) is 24.9. The second kappa shape index (κ2) is 15.7. The molecule has 4 atom stereocenters. The molecule has 0 unspecified atom stereocenters. The van der Waals surface area contributed by atoms with Gasteiger partial charge in [-0.3, -0.25) is 4.79 Å². The number of hydrogen-bond donors (Lipinski definition) is 4. The summed E-state index contributed by atoms with van der Waals surface area (Å²) in [6, 6.07) is 7.91. The average Bonchev–Trinajstić information content (AvgIpc) is 2.85. The first-order valence-electron chi connectivity index (χ1n) is 12.8. The summed E-state index contributed by atoms with van der Waals surface area (Å²) >= 11 is 0. The number of carbonyl (C=O) groups excluding carboxylic acids is 2. The fourth-order valence-electron chi connectivity index (χ4n) is 4.13. The van der Waals surface area contributed by atoms with Crippen molar-refractivity contribution in [1.29, 1.82) is 0 Å². The Morgan fingerprint density at radius 2 is 1.59 bits per heavy atom. The Balaban J connectivity index is 1.69. The van der Waals surface area contributed by atoms with Crippen LogP contribution in [0.5, 0.6) is 0 Å². The summed E-state index contributed by atoms with van der Waals surface area (Å²) in [4.78, 5) is 24.8. The molecule has 2 amide bonds. The third-order valence-corrected chi connectivity index (χ3v) is 6.40. The smallest absolute Gasteiger partial charge is 0.424 e. The Hall–Kier alpha value is -2.16. The number of hydrogen-bond acceptors (Lipinski definition) is 6. The van der Waals surface area contributed by atoms with E-state index >= 15 is 0 Å². The summed E-state index contributed by atoms with van der Waals surface area (Å²) in [5.74, 6) is -0.0942. The van der Waals surface area contributed by atoms with Gasteiger partial charge in [0.15, 0.2) is 0 Å². The lowest BCUT2D eigenvalue weighted by Gasteiger charge is -2.43. The van der Waals surface area contributed by atoms with Crippen LogP contribution in [0, 0.1) is 0 Å². The number of nitrogens with zero attached hydrogens (tertiary/aromatic N) is 1. The highest BCUT2D eigenvalue weighted by atomic mass is 16.6. The van der Waals surface area contributed by atoms with E-state index in [2.05, 4.69) is 17.7 Å². The van der Waals surface area contributed by atoms with Gasteiger partial charge < -0.3 is 20.3 Å². The van der Waals surface area contributed by atoms with E-state index in [0.717, 1.165) is 24.8 Å². The van der Waals surface area contributed by atoms with Gasteiger partial charge in [-0.25, -0.2) is 15.2 Å². The molecule has 8 heteroatoms. The van der Waals surface area contributed by atoms with E-state index in [1.54, 1.807) is 6.92 Å². The van der Waals surface area contributed by atoms with Gasteiger partial charge in [0.05, 0.1) is 12.1 Å². The lowest BCUT2D eigenvalue weighted by molar-refractivity contribution is -0.124. The normalized spacial score (nSPS) is 22.4. The molecular weight excluding hydrogens is 434 g/mol. The van der Waals surface area contributed by atoms with Crippen molar-refractivity contribution in [3.05, 3.63) is 35.9 Å². The van der Waals surface area contributed by atoms with E-state index in [1.807, 2.05) is 30.3 Å². The van der Waals surface area contributed by atoms with Gasteiger partial charge in [0, 0.05) is 13.0 Å². The van der Waals surface area contributed by atoms with Gasteiger partial charge >= 0.3 is 6.09 Å². The van der Waals surface area contributed by atoms with Gasteiger partial charge in [0.25, 0.3) is 0 Å². The fraction of sp³-hybridized carbons (Fsp3) is 0.692. The molecule has 2 rings (SSSR count). The van der Waals surface area contributed by atoms with E-state index in [9.17, 15) is 19.8 Å². The molecule has 0 radical (unpaired) electrons. The van der Waals surface area contributed by atoms with E-state index in [0.29, 0.717) is 6.42 Å². The Morgan fingerprint density at radius 1 is 0.971 bits per heavy atom. The molecule has 1 fully saturated rings. The molecule has 4 N–H and O–H groups in total. The van der Waals surface area contributed by atoms with Crippen LogP contribution in [0.4, 0.5) is 4.79 Å². The predicted molar refractivity (Wildman–Crippen MR) is 132 cm³/mol. The summed E-state index contributed by atoms with van der Waals surface area (Å²) < 4.78 is 5.35. The number of nitrogens with one attached hydrogen (secondary N) is 2. The number of amides is 2. The van der Waals surface area contributed by atoms with Crippen LogP contribution in [-0.4, -0.2) is 58.1 Å². The minimum atomic E-state index is -1.16. The van der Waals surface area contributed by atoms with Crippen molar-refractivity contribution in [2.45, 2.75) is 109 Å². The minimum Gasteiger partial charge on any atom is -0.444 e. The van der Waals surface area contributed by atoms with Crippen molar-refractivity contribution in [1.82, 2.24) is 15.8 Å². The third kappa shape index (κ3) is 9.60. The molecule has 1 aromatic rings. The maximum atomic E-state index is 12.6. The first-order chi connectivity index (χ1) is 16.4. The highest BCUT2D eigenvalue weighted by Crippen LogP contribution is 2.18. The molecule has 8 nitrogen and oxygen atoms in total. The fourth-order valence-corrected chi connectivity index (χ4v) is 4.13. The molecule has 0 aliphatic carbocycles. The number of benzene rings is 1. The molecule has 1 aliphatic rings. The van der Waals surface area contributed by atoms with E-state index in [1.165, 1.54) is 43.5 Å². The number of hydrazine groups is 1. The monoisotopic (exact) mass is 477 g/mol. The molecular formula is C26H43N3O5. The Morgan fingerprint density at radius 3 is 2.24 bits per heavy atom. The van der Waals surface area contributed by atoms with E-state index in [-0.39, 0.29) is 19.1 Å². The van der Waals surface area contributed by atoms with Gasteiger partial charge in [-0.15, -0.1) is 0 Å². The molecule has 0 aromatic heterocycles. The maximum absolute atomic E-state index is 12.6. The Bertz CT molecular complexity index is 718. The van der Waals surface area contributed by atoms with Gasteiger partial charge in [-0.2, -0.15) is 0 Å². The van der Waals surface area contributed by atoms with Crippen LogP contribution in [0.15, 0.2) is 30.3 Å². The second-order valence-electron chi connectivity index (χ2n) is 9.25. The highest BCUT2D eigenvalue weighted by molar-refractivity contribution is 5.75. The van der Waals surface area contributed by atoms with Crippen LogP contribution in [-0.2, 0) is 16.1 Å². The topological polar surface area (TPSA) is 111 Å².